The summed E-state index contributed by atoms with van der Waals surface area (Å²) in [6.45, 7) is -8.12. The standard InChI is InChI=1S/C12H15N5O8S2/c1-12(2)8(10(21)17(12)25-27(22)23)15-9(20)7(16-24-3-6(18)19)5-4-26-11(13)14-5/h4,8H,3H2,1-2H3,(H2,13,14)(H,15,20)(H,18,19)(H,22,23)/b16-7-/t8-/m1/s1/i1D3,2D3. The fourth-order valence-corrected chi connectivity index (χ4v) is 2.67. The Morgan fingerprint density at radius 2 is 2.33 bits per heavy atom. The van der Waals surface area contributed by atoms with Crippen molar-refractivity contribution in [1.29, 1.82) is 0 Å². The molecule has 13 nitrogen and oxygen atoms in total. The summed E-state index contributed by atoms with van der Waals surface area (Å²) in [6.07, 6.45) is 0. The third-order valence-electron chi connectivity index (χ3n) is 2.92. The smallest absolute Gasteiger partial charge is 0.344 e. The molecule has 1 unspecified atom stereocenters. The molecule has 0 aliphatic carbocycles. The van der Waals surface area contributed by atoms with Crippen LogP contribution in [0.1, 0.15) is 27.6 Å². The van der Waals surface area contributed by atoms with E-state index >= 15 is 0 Å². The van der Waals surface area contributed by atoms with Gasteiger partial charge in [0.15, 0.2) is 10.8 Å². The van der Waals surface area contributed by atoms with Crippen LogP contribution in [0.5, 0.6) is 0 Å². The number of rotatable bonds is 8. The van der Waals surface area contributed by atoms with E-state index in [0.29, 0.717) is 0 Å². The minimum absolute atomic E-state index is 0.0483. The zero-order valence-electron chi connectivity index (χ0n) is 18.9. The van der Waals surface area contributed by atoms with Gasteiger partial charge in [-0.3, -0.25) is 14.1 Å². The summed E-state index contributed by atoms with van der Waals surface area (Å²) in [7, 11) is 0. The Labute approximate surface area is 167 Å². The number of nitrogens with two attached hydrogens (primary N) is 1. The quantitative estimate of drug-likeness (QED) is 0.168. The third-order valence-corrected chi connectivity index (χ3v) is 3.87. The number of carbonyl (C=O) groups excluding carboxylic acids is 2. The highest BCUT2D eigenvalue weighted by Crippen LogP contribution is 2.32. The number of hydrogen-bond donors (Lipinski definition) is 4. The van der Waals surface area contributed by atoms with Crippen molar-refractivity contribution < 1.29 is 45.6 Å². The number of nitrogens with zero attached hydrogens (tertiary/aromatic N) is 3. The van der Waals surface area contributed by atoms with Gasteiger partial charge in [-0.2, -0.15) is 9.27 Å². The number of thiazole rings is 1. The Morgan fingerprint density at radius 1 is 1.63 bits per heavy atom. The first kappa shape index (κ1) is 13.5. The van der Waals surface area contributed by atoms with Gasteiger partial charge in [0.2, 0.25) is 6.61 Å². The number of carbonyl (C=O) groups is 3. The lowest BCUT2D eigenvalue weighted by Gasteiger charge is -2.50. The van der Waals surface area contributed by atoms with Crippen LogP contribution in [0.25, 0.3) is 0 Å². The number of anilines is 1. The van der Waals surface area contributed by atoms with Crippen LogP contribution in [-0.2, 0) is 34.9 Å². The number of aliphatic carboxylic acids is 1. The third kappa shape index (κ3) is 4.57. The highest BCUT2D eigenvalue weighted by molar-refractivity contribution is 7.74. The van der Waals surface area contributed by atoms with Gasteiger partial charge in [-0.15, -0.1) is 15.6 Å². The van der Waals surface area contributed by atoms with Gasteiger partial charge in [-0.25, -0.2) is 9.78 Å². The number of amides is 2. The van der Waals surface area contributed by atoms with Gasteiger partial charge in [0.05, 0.1) is 5.54 Å². The maximum atomic E-state index is 12.8. The SMILES string of the molecule is [2H]C([2H])([2H])C1(C([2H])([2H])[2H])[C@H](NC(=O)/C(=N\OCC(=O)O)c2csc(N)n2)C(=O)N1OS(=O)O. The van der Waals surface area contributed by atoms with Crippen molar-refractivity contribution in [2.45, 2.75) is 25.3 Å². The molecular formula is C12H15N5O8S2. The molecule has 148 valence electrons. The average Bonchev–Trinajstić information content (AvgIpc) is 3.06. The molecule has 5 N–H and O–H groups in total. The Morgan fingerprint density at radius 3 is 2.85 bits per heavy atom. The molecule has 2 atom stereocenters. The fraction of sp³-hybridized carbons (Fsp3) is 0.417. The first-order valence-corrected chi connectivity index (χ1v) is 8.52. The molecule has 2 amide bonds. The minimum atomic E-state index is -3.56. The number of carboxylic acids is 1. The zero-order chi connectivity index (χ0) is 25.4. The van der Waals surface area contributed by atoms with Crippen LogP contribution in [0, 0.1) is 0 Å². The summed E-state index contributed by atoms with van der Waals surface area (Å²) in [4.78, 5) is 44.2. The van der Waals surface area contributed by atoms with E-state index in [1.165, 1.54) is 5.38 Å². The molecule has 15 heteroatoms. The summed E-state index contributed by atoms with van der Waals surface area (Å²) < 4.78 is 70.3. The average molecular weight is 427 g/mol. The van der Waals surface area contributed by atoms with E-state index in [-0.39, 0.29) is 15.9 Å². The van der Waals surface area contributed by atoms with Crippen molar-refractivity contribution in [3.63, 3.8) is 0 Å². The van der Waals surface area contributed by atoms with Crippen LogP contribution in [0.3, 0.4) is 0 Å². The fourth-order valence-electron chi connectivity index (χ4n) is 1.80. The van der Waals surface area contributed by atoms with Crippen LogP contribution in [0.4, 0.5) is 5.13 Å². The normalized spacial score (nSPS) is 24.2. The second-order valence-electron chi connectivity index (χ2n) is 4.78. The van der Waals surface area contributed by atoms with Gasteiger partial charge in [-0.1, -0.05) is 5.16 Å². The second-order valence-corrected chi connectivity index (χ2v) is 6.25. The van der Waals surface area contributed by atoms with Crippen LogP contribution in [-0.4, -0.2) is 65.6 Å². The monoisotopic (exact) mass is 427 g/mol. The lowest BCUT2D eigenvalue weighted by atomic mass is 9.84. The minimum Gasteiger partial charge on any atom is -0.479 e. The molecule has 1 aromatic rings. The van der Waals surface area contributed by atoms with Crippen molar-refractivity contribution in [3.8, 4) is 0 Å². The molecule has 0 aromatic carbocycles. The second kappa shape index (κ2) is 7.95. The Balaban J connectivity index is 2.49. The maximum Gasteiger partial charge on any atom is 0.344 e. The predicted molar refractivity (Wildman–Crippen MR) is 91.4 cm³/mol. The summed E-state index contributed by atoms with van der Waals surface area (Å²) in [5, 5.41) is 14.7. The molecule has 1 aliphatic heterocycles. The molecule has 2 heterocycles. The highest BCUT2D eigenvalue weighted by Gasteiger charge is 2.57. The van der Waals surface area contributed by atoms with Crippen LogP contribution < -0.4 is 11.1 Å². The van der Waals surface area contributed by atoms with E-state index in [1.807, 2.05) is 5.32 Å². The van der Waals surface area contributed by atoms with Crippen LogP contribution in [0.15, 0.2) is 10.5 Å². The number of aromatic nitrogens is 1. The number of β-lactam (4-membered cyclic amide) rings is 1. The molecule has 1 saturated heterocycles. The Hall–Kier alpha value is -2.62. The Bertz CT molecular complexity index is 997. The molecule has 0 saturated carbocycles. The van der Waals surface area contributed by atoms with Crippen molar-refractivity contribution in [1.82, 2.24) is 15.4 Å². The van der Waals surface area contributed by atoms with Crippen molar-refractivity contribution in [2.24, 2.45) is 5.16 Å². The Kier molecular flexibility index (Phi) is 3.98. The van der Waals surface area contributed by atoms with E-state index in [9.17, 15) is 18.6 Å². The largest absolute Gasteiger partial charge is 0.479 e. The van der Waals surface area contributed by atoms with E-state index in [0.717, 1.165) is 11.3 Å². The summed E-state index contributed by atoms with van der Waals surface area (Å²) in [5.74, 6) is -4.31. The van der Waals surface area contributed by atoms with Crippen molar-refractivity contribution >= 4 is 51.3 Å². The van der Waals surface area contributed by atoms with Crippen LogP contribution >= 0.6 is 11.3 Å². The summed E-state index contributed by atoms with van der Waals surface area (Å²) >= 11 is -2.44. The number of nitrogens with one attached hydrogen (secondary N) is 1. The van der Waals surface area contributed by atoms with Gasteiger partial charge in [0, 0.05) is 13.6 Å². The van der Waals surface area contributed by atoms with Gasteiger partial charge >= 0.3 is 17.3 Å². The highest BCUT2D eigenvalue weighted by atomic mass is 32.2. The lowest BCUT2D eigenvalue weighted by molar-refractivity contribution is -0.216. The molecule has 0 bridgehead atoms. The first-order chi connectivity index (χ1) is 15.0. The number of nitrogen functional groups attached to an aromatic ring is 1. The molecule has 1 aliphatic rings. The van der Waals surface area contributed by atoms with Gasteiger partial charge in [0.1, 0.15) is 11.7 Å². The van der Waals surface area contributed by atoms with Crippen molar-refractivity contribution in [3.05, 3.63) is 11.1 Å². The van der Waals surface area contributed by atoms with E-state index in [2.05, 4.69) is 19.3 Å². The summed E-state index contributed by atoms with van der Waals surface area (Å²) in [6, 6.07) is -2.31. The molecule has 0 radical (unpaired) electrons. The topological polar surface area (TPSA) is 194 Å². The molecule has 2 rings (SSSR count). The first-order valence-electron chi connectivity index (χ1n) is 9.61. The lowest BCUT2D eigenvalue weighted by Crippen LogP contribution is -2.76. The molecule has 27 heavy (non-hydrogen) atoms. The number of carboxylic acid groups (broad SMARTS) is 1. The molecular weight excluding hydrogens is 406 g/mol. The number of hydroxylamine groups is 2. The van der Waals surface area contributed by atoms with Crippen molar-refractivity contribution in [2.75, 3.05) is 12.3 Å². The van der Waals surface area contributed by atoms with E-state index in [1.54, 1.807) is 0 Å². The van der Waals surface area contributed by atoms with Gasteiger partial charge in [-0.05, 0) is 13.7 Å². The van der Waals surface area contributed by atoms with Gasteiger partial charge < -0.3 is 21.0 Å². The molecule has 0 spiro atoms. The van der Waals surface area contributed by atoms with Gasteiger partial charge in [0.25, 0.3) is 11.8 Å². The number of oxime groups is 1. The molecule has 1 aromatic heterocycles. The predicted octanol–water partition coefficient (Wildman–Crippen LogP) is -1.30. The van der Waals surface area contributed by atoms with E-state index < -0.39 is 66.7 Å². The number of hydrogen-bond acceptors (Lipinski definition) is 10. The zero-order valence-corrected chi connectivity index (χ0v) is 14.6. The van der Waals surface area contributed by atoms with E-state index in [4.69, 9.17) is 23.6 Å². The maximum absolute atomic E-state index is 12.8. The van der Waals surface area contributed by atoms with Crippen LogP contribution in [0.2, 0.25) is 0 Å². The summed E-state index contributed by atoms with van der Waals surface area (Å²) in [5.41, 5.74) is 1.20. The molecule has 1 fully saturated rings.